The van der Waals surface area contributed by atoms with Crippen molar-refractivity contribution in [1.29, 1.82) is 0 Å². The van der Waals surface area contributed by atoms with Crippen molar-refractivity contribution in [2.75, 3.05) is 0 Å². The number of rotatable bonds is 4. The van der Waals surface area contributed by atoms with Gasteiger partial charge in [-0.2, -0.15) is 0 Å². The quantitative estimate of drug-likeness (QED) is 0.839. The van der Waals surface area contributed by atoms with Crippen LogP contribution < -0.4 is 4.74 Å². The Morgan fingerprint density at radius 3 is 2.53 bits per heavy atom. The summed E-state index contributed by atoms with van der Waals surface area (Å²) in [6.07, 6.45) is -4.71. The van der Waals surface area contributed by atoms with Crippen LogP contribution in [-0.2, 0) is 11.2 Å². The Kier molecular flexibility index (Phi) is 4.61. The molecular formula is C10H8F3IO3. The molecule has 0 amide bonds. The number of hydrogen-bond acceptors (Lipinski definition) is 2. The fourth-order valence-electron chi connectivity index (χ4n) is 1.21. The maximum absolute atomic E-state index is 12.0. The van der Waals surface area contributed by atoms with Gasteiger partial charge in [-0.15, -0.1) is 13.2 Å². The molecule has 0 aliphatic rings. The lowest BCUT2D eigenvalue weighted by molar-refractivity contribution is -0.274. The topological polar surface area (TPSA) is 46.5 Å². The standard InChI is InChI=1S/C10H8F3IO3/c11-10(12,13)17-8-4-6(1-2-9(15)16)3-7(14)5-8/h3-5H,1-2H2,(H,15,16). The van der Waals surface area contributed by atoms with E-state index < -0.39 is 12.3 Å². The van der Waals surface area contributed by atoms with Crippen LogP contribution >= 0.6 is 22.6 Å². The smallest absolute Gasteiger partial charge is 0.481 e. The predicted octanol–water partition coefficient (Wildman–Crippen LogP) is 3.21. The van der Waals surface area contributed by atoms with Gasteiger partial charge >= 0.3 is 12.3 Å². The lowest BCUT2D eigenvalue weighted by Crippen LogP contribution is -2.17. The van der Waals surface area contributed by atoms with E-state index in [1.54, 1.807) is 6.07 Å². The van der Waals surface area contributed by atoms with E-state index >= 15 is 0 Å². The first-order valence-electron chi connectivity index (χ1n) is 4.53. The van der Waals surface area contributed by atoms with Gasteiger partial charge in [-0.25, -0.2) is 0 Å². The molecule has 0 heterocycles. The summed E-state index contributed by atoms with van der Waals surface area (Å²) in [5.41, 5.74) is 0.499. The van der Waals surface area contributed by atoms with E-state index in [1.807, 2.05) is 22.6 Å². The number of hydrogen-bond donors (Lipinski definition) is 1. The van der Waals surface area contributed by atoms with Crippen LogP contribution in [0.2, 0.25) is 0 Å². The van der Waals surface area contributed by atoms with Crippen molar-refractivity contribution in [2.45, 2.75) is 19.2 Å². The molecule has 0 bridgehead atoms. The van der Waals surface area contributed by atoms with Gasteiger partial charge in [0.1, 0.15) is 5.75 Å². The molecule has 0 fully saturated rings. The zero-order chi connectivity index (χ0) is 13.1. The Hall–Kier alpha value is -0.990. The third-order valence-electron chi connectivity index (χ3n) is 1.79. The first-order valence-corrected chi connectivity index (χ1v) is 5.61. The zero-order valence-electron chi connectivity index (χ0n) is 8.42. The molecule has 17 heavy (non-hydrogen) atoms. The van der Waals surface area contributed by atoms with Crippen LogP contribution in [0.3, 0.4) is 0 Å². The Labute approximate surface area is 109 Å². The van der Waals surface area contributed by atoms with Crippen molar-refractivity contribution >= 4 is 28.6 Å². The van der Waals surface area contributed by atoms with E-state index in [9.17, 15) is 18.0 Å². The average molecular weight is 360 g/mol. The average Bonchev–Trinajstić information content (AvgIpc) is 2.10. The number of aryl methyl sites for hydroxylation is 1. The number of carboxylic acid groups (broad SMARTS) is 1. The Balaban J connectivity index is 2.83. The van der Waals surface area contributed by atoms with E-state index in [2.05, 4.69) is 4.74 Å². The Morgan fingerprint density at radius 2 is 2.00 bits per heavy atom. The van der Waals surface area contributed by atoms with E-state index in [4.69, 9.17) is 5.11 Å². The van der Waals surface area contributed by atoms with Crippen LogP contribution in [0.15, 0.2) is 18.2 Å². The number of halogens is 4. The van der Waals surface area contributed by atoms with Gasteiger partial charge in [-0.05, 0) is 52.8 Å². The van der Waals surface area contributed by atoms with Crippen molar-refractivity contribution < 1.29 is 27.8 Å². The molecule has 94 valence electrons. The lowest BCUT2D eigenvalue weighted by atomic mass is 10.1. The SMILES string of the molecule is O=C(O)CCc1cc(I)cc(OC(F)(F)F)c1. The molecule has 1 aromatic carbocycles. The molecule has 0 spiro atoms. The minimum Gasteiger partial charge on any atom is -0.481 e. The Bertz CT molecular complexity index is 418. The van der Waals surface area contributed by atoms with Crippen molar-refractivity contribution in [3.63, 3.8) is 0 Å². The van der Waals surface area contributed by atoms with E-state index in [1.165, 1.54) is 12.1 Å². The largest absolute Gasteiger partial charge is 0.573 e. The van der Waals surface area contributed by atoms with Gasteiger partial charge in [0.2, 0.25) is 0 Å². The predicted molar refractivity (Wildman–Crippen MR) is 61.8 cm³/mol. The molecule has 3 nitrogen and oxygen atoms in total. The van der Waals surface area contributed by atoms with Crippen LogP contribution in [0.4, 0.5) is 13.2 Å². The molecular weight excluding hydrogens is 352 g/mol. The van der Waals surface area contributed by atoms with Gasteiger partial charge in [0.05, 0.1) is 0 Å². The molecule has 1 aromatic rings. The lowest BCUT2D eigenvalue weighted by Gasteiger charge is -2.10. The maximum atomic E-state index is 12.0. The summed E-state index contributed by atoms with van der Waals surface area (Å²) >= 11 is 1.84. The fourth-order valence-corrected chi connectivity index (χ4v) is 1.92. The summed E-state index contributed by atoms with van der Waals surface area (Å²) in [7, 11) is 0. The second-order valence-electron chi connectivity index (χ2n) is 3.24. The number of alkyl halides is 3. The third-order valence-corrected chi connectivity index (χ3v) is 2.42. The molecule has 0 aliphatic carbocycles. The zero-order valence-corrected chi connectivity index (χ0v) is 10.6. The molecule has 0 saturated heterocycles. The normalized spacial score (nSPS) is 11.3. The Morgan fingerprint density at radius 1 is 1.35 bits per heavy atom. The molecule has 0 saturated carbocycles. The number of ether oxygens (including phenoxy) is 1. The first-order chi connectivity index (χ1) is 7.76. The van der Waals surface area contributed by atoms with Gasteiger partial charge in [0, 0.05) is 9.99 Å². The molecule has 0 aliphatic heterocycles. The molecule has 0 aromatic heterocycles. The van der Waals surface area contributed by atoms with Crippen LogP contribution in [0.5, 0.6) is 5.75 Å². The second-order valence-corrected chi connectivity index (χ2v) is 4.48. The highest BCUT2D eigenvalue weighted by Gasteiger charge is 2.31. The molecule has 7 heteroatoms. The number of benzene rings is 1. The number of aliphatic carboxylic acids is 1. The van der Waals surface area contributed by atoms with Gasteiger partial charge in [-0.3, -0.25) is 4.79 Å². The number of carbonyl (C=O) groups is 1. The highest BCUT2D eigenvalue weighted by molar-refractivity contribution is 14.1. The van der Waals surface area contributed by atoms with Gasteiger partial charge < -0.3 is 9.84 Å². The van der Waals surface area contributed by atoms with E-state index in [-0.39, 0.29) is 18.6 Å². The minimum absolute atomic E-state index is 0.133. The minimum atomic E-state index is -4.74. The van der Waals surface area contributed by atoms with Gasteiger partial charge in [0.25, 0.3) is 0 Å². The van der Waals surface area contributed by atoms with Gasteiger partial charge in [-0.1, -0.05) is 0 Å². The van der Waals surface area contributed by atoms with Crippen molar-refractivity contribution in [3.8, 4) is 5.75 Å². The van der Waals surface area contributed by atoms with E-state index in [0.29, 0.717) is 9.13 Å². The van der Waals surface area contributed by atoms with Crippen LogP contribution in [0.1, 0.15) is 12.0 Å². The molecule has 1 N–H and O–H groups in total. The summed E-state index contributed by atoms with van der Waals surface area (Å²) < 4.78 is 40.3. The molecule has 0 atom stereocenters. The number of carboxylic acids is 1. The summed E-state index contributed by atoms with van der Waals surface area (Å²) in [6, 6.07) is 4.05. The molecule has 0 radical (unpaired) electrons. The van der Waals surface area contributed by atoms with Gasteiger partial charge in [0.15, 0.2) is 0 Å². The van der Waals surface area contributed by atoms with Crippen molar-refractivity contribution in [1.82, 2.24) is 0 Å². The van der Waals surface area contributed by atoms with Crippen LogP contribution in [-0.4, -0.2) is 17.4 Å². The summed E-state index contributed by atoms with van der Waals surface area (Å²) in [6.45, 7) is 0. The molecule has 1 rings (SSSR count). The summed E-state index contributed by atoms with van der Waals surface area (Å²) in [5.74, 6) is -1.33. The summed E-state index contributed by atoms with van der Waals surface area (Å²) in [5, 5.41) is 8.49. The van der Waals surface area contributed by atoms with E-state index in [0.717, 1.165) is 0 Å². The molecule has 0 unspecified atom stereocenters. The first kappa shape index (κ1) is 14.1. The van der Waals surface area contributed by atoms with Crippen LogP contribution in [0, 0.1) is 3.57 Å². The van der Waals surface area contributed by atoms with Crippen LogP contribution in [0.25, 0.3) is 0 Å². The van der Waals surface area contributed by atoms with Crippen molar-refractivity contribution in [2.24, 2.45) is 0 Å². The fraction of sp³-hybridized carbons (Fsp3) is 0.300. The third kappa shape index (κ3) is 5.76. The highest BCUT2D eigenvalue weighted by Crippen LogP contribution is 2.26. The monoisotopic (exact) mass is 360 g/mol. The second kappa shape index (κ2) is 5.56. The summed E-state index contributed by atoms with van der Waals surface area (Å²) in [4.78, 5) is 10.4. The maximum Gasteiger partial charge on any atom is 0.573 e. The highest BCUT2D eigenvalue weighted by atomic mass is 127. The van der Waals surface area contributed by atoms with Crippen molar-refractivity contribution in [3.05, 3.63) is 27.3 Å².